The highest BCUT2D eigenvalue weighted by molar-refractivity contribution is 5.85. The zero-order valence-corrected chi connectivity index (χ0v) is 10.6. The molecule has 2 atom stereocenters. The molecule has 0 amide bonds. The molecule has 3 nitrogen and oxygen atoms in total. The number of rotatable bonds is 1. The molecule has 4 heteroatoms. The van der Waals surface area contributed by atoms with Crippen LogP contribution in [0.4, 0.5) is 0 Å². The third-order valence-electron chi connectivity index (χ3n) is 2.53. The molecule has 0 bridgehead atoms. The first-order chi connectivity index (χ1) is 6.40. The molecule has 1 rings (SSSR count). The van der Waals surface area contributed by atoms with E-state index >= 15 is 0 Å². The number of ether oxygens (including phenoxy) is 1. The summed E-state index contributed by atoms with van der Waals surface area (Å²) < 4.78 is 5.33. The zero-order chi connectivity index (χ0) is 10.8. The van der Waals surface area contributed by atoms with Crippen LogP contribution in [0.2, 0.25) is 0 Å². The molecule has 2 N–H and O–H groups in total. The van der Waals surface area contributed by atoms with Crippen molar-refractivity contribution < 1.29 is 9.53 Å². The Morgan fingerprint density at radius 2 is 1.80 bits per heavy atom. The Bertz CT molecular complexity index is 213. The second-order valence-electron chi connectivity index (χ2n) is 5.09. The highest BCUT2D eigenvalue weighted by atomic mass is 35.5. The number of hydrogen-bond acceptors (Lipinski definition) is 3. The van der Waals surface area contributed by atoms with Crippen molar-refractivity contribution in [1.82, 2.24) is 0 Å². The van der Waals surface area contributed by atoms with Crippen LogP contribution in [0, 0.1) is 5.92 Å². The molecule has 1 saturated carbocycles. The van der Waals surface area contributed by atoms with Gasteiger partial charge < -0.3 is 10.5 Å². The van der Waals surface area contributed by atoms with Crippen LogP contribution in [0.3, 0.4) is 0 Å². The Morgan fingerprint density at radius 3 is 2.27 bits per heavy atom. The average molecular weight is 236 g/mol. The molecule has 0 saturated heterocycles. The molecule has 90 valence electrons. The highest BCUT2D eigenvalue weighted by Crippen LogP contribution is 2.25. The first kappa shape index (κ1) is 14.7. The van der Waals surface area contributed by atoms with E-state index in [4.69, 9.17) is 10.5 Å². The Kier molecular flexibility index (Phi) is 5.60. The molecule has 0 aromatic heterocycles. The van der Waals surface area contributed by atoms with Gasteiger partial charge in [-0.3, -0.25) is 4.79 Å². The van der Waals surface area contributed by atoms with Gasteiger partial charge in [-0.05, 0) is 33.6 Å². The SMILES string of the molecule is CC(C)(C)OC(=O)[C@@H]1CCCC[C@H]1N.Cl. The lowest BCUT2D eigenvalue weighted by atomic mass is 9.85. The summed E-state index contributed by atoms with van der Waals surface area (Å²) in [5.41, 5.74) is 5.50. The summed E-state index contributed by atoms with van der Waals surface area (Å²) in [4.78, 5) is 11.7. The molecule has 0 radical (unpaired) electrons. The molecule has 1 fully saturated rings. The fourth-order valence-corrected chi connectivity index (χ4v) is 1.83. The summed E-state index contributed by atoms with van der Waals surface area (Å²) in [5, 5.41) is 0. The van der Waals surface area contributed by atoms with Crippen molar-refractivity contribution in [2.45, 2.75) is 58.1 Å². The van der Waals surface area contributed by atoms with Gasteiger partial charge in [0.1, 0.15) is 5.60 Å². The van der Waals surface area contributed by atoms with Gasteiger partial charge in [-0.15, -0.1) is 12.4 Å². The second-order valence-corrected chi connectivity index (χ2v) is 5.09. The highest BCUT2D eigenvalue weighted by Gasteiger charge is 2.31. The minimum Gasteiger partial charge on any atom is -0.460 e. The zero-order valence-electron chi connectivity index (χ0n) is 9.79. The largest absolute Gasteiger partial charge is 0.460 e. The van der Waals surface area contributed by atoms with E-state index in [-0.39, 0.29) is 30.3 Å². The number of carbonyl (C=O) groups is 1. The van der Waals surface area contributed by atoms with E-state index in [0.29, 0.717) is 0 Å². The topological polar surface area (TPSA) is 52.3 Å². The number of nitrogens with two attached hydrogens (primary N) is 1. The molecule has 0 spiro atoms. The van der Waals surface area contributed by atoms with Gasteiger partial charge in [-0.25, -0.2) is 0 Å². The Labute approximate surface area is 98.2 Å². The molecule has 0 aromatic carbocycles. The summed E-state index contributed by atoms with van der Waals surface area (Å²) in [6, 6.07) is -0.00130. The van der Waals surface area contributed by atoms with Gasteiger partial charge >= 0.3 is 5.97 Å². The van der Waals surface area contributed by atoms with Crippen molar-refractivity contribution in [2.75, 3.05) is 0 Å². The summed E-state index contributed by atoms with van der Waals surface area (Å²) >= 11 is 0. The van der Waals surface area contributed by atoms with Gasteiger partial charge in [0.25, 0.3) is 0 Å². The number of esters is 1. The number of hydrogen-bond donors (Lipinski definition) is 1. The molecule has 0 aromatic rings. The Morgan fingerprint density at radius 1 is 1.27 bits per heavy atom. The quantitative estimate of drug-likeness (QED) is 0.710. The van der Waals surface area contributed by atoms with Crippen LogP contribution in [0.5, 0.6) is 0 Å². The van der Waals surface area contributed by atoms with E-state index in [9.17, 15) is 4.79 Å². The first-order valence-electron chi connectivity index (χ1n) is 5.38. The van der Waals surface area contributed by atoms with Crippen molar-refractivity contribution in [3.63, 3.8) is 0 Å². The molecule has 0 unspecified atom stereocenters. The van der Waals surface area contributed by atoms with Crippen LogP contribution in [0.1, 0.15) is 46.5 Å². The van der Waals surface area contributed by atoms with Crippen LogP contribution in [-0.2, 0) is 9.53 Å². The van der Waals surface area contributed by atoms with Gasteiger partial charge in [-0.2, -0.15) is 0 Å². The van der Waals surface area contributed by atoms with Gasteiger partial charge in [0, 0.05) is 6.04 Å². The fraction of sp³-hybridized carbons (Fsp3) is 0.909. The predicted molar refractivity (Wildman–Crippen MR) is 63.0 cm³/mol. The molecule has 0 heterocycles. The van der Waals surface area contributed by atoms with E-state index in [1.54, 1.807) is 0 Å². The van der Waals surface area contributed by atoms with Gasteiger partial charge in [-0.1, -0.05) is 12.8 Å². The maximum absolute atomic E-state index is 11.7. The molecular weight excluding hydrogens is 214 g/mol. The number of carbonyl (C=O) groups excluding carboxylic acids is 1. The van der Waals surface area contributed by atoms with Crippen molar-refractivity contribution in [2.24, 2.45) is 11.7 Å². The van der Waals surface area contributed by atoms with Gasteiger partial charge in [0.2, 0.25) is 0 Å². The van der Waals surface area contributed by atoms with Crippen molar-refractivity contribution in [3.8, 4) is 0 Å². The lowest BCUT2D eigenvalue weighted by Crippen LogP contribution is -2.41. The van der Waals surface area contributed by atoms with E-state index in [1.807, 2.05) is 20.8 Å². The van der Waals surface area contributed by atoms with Crippen LogP contribution in [0.15, 0.2) is 0 Å². The fourth-order valence-electron chi connectivity index (χ4n) is 1.83. The Hall–Kier alpha value is -0.280. The first-order valence-corrected chi connectivity index (χ1v) is 5.38. The molecule has 1 aliphatic carbocycles. The average Bonchev–Trinajstić information content (AvgIpc) is 2.01. The lowest BCUT2D eigenvalue weighted by Gasteiger charge is -2.30. The van der Waals surface area contributed by atoms with Crippen molar-refractivity contribution in [3.05, 3.63) is 0 Å². The minimum absolute atomic E-state index is 0. The van der Waals surface area contributed by atoms with E-state index < -0.39 is 5.60 Å². The number of halogens is 1. The van der Waals surface area contributed by atoms with Crippen LogP contribution < -0.4 is 5.73 Å². The van der Waals surface area contributed by atoms with Gasteiger partial charge in [0.05, 0.1) is 5.92 Å². The van der Waals surface area contributed by atoms with E-state index in [1.165, 1.54) is 0 Å². The van der Waals surface area contributed by atoms with Crippen LogP contribution in [0.25, 0.3) is 0 Å². The monoisotopic (exact) mass is 235 g/mol. The normalized spacial score (nSPS) is 26.7. The third kappa shape index (κ3) is 4.85. The summed E-state index contributed by atoms with van der Waals surface area (Å²) in [5.74, 6) is -0.201. The lowest BCUT2D eigenvalue weighted by molar-refractivity contribution is -0.161. The van der Waals surface area contributed by atoms with Crippen LogP contribution in [-0.4, -0.2) is 17.6 Å². The van der Waals surface area contributed by atoms with E-state index in [2.05, 4.69) is 0 Å². The third-order valence-corrected chi connectivity index (χ3v) is 2.53. The van der Waals surface area contributed by atoms with Crippen molar-refractivity contribution in [1.29, 1.82) is 0 Å². The summed E-state index contributed by atoms with van der Waals surface area (Å²) in [6.07, 6.45) is 4.07. The summed E-state index contributed by atoms with van der Waals surface area (Å²) in [7, 11) is 0. The van der Waals surface area contributed by atoms with Crippen LogP contribution >= 0.6 is 12.4 Å². The molecule has 1 aliphatic rings. The van der Waals surface area contributed by atoms with Crippen molar-refractivity contribution >= 4 is 18.4 Å². The maximum atomic E-state index is 11.7. The Balaban J connectivity index is 0.00000196. The molecule has 15 heavy (non-hydrogen) atoms. The maximum Gasteiger partial charge on any atom is 0.311 e. The van der Waals surface area contributed by atoms with E-state index in [0.717, 1.165) is 25.7 Å². The molecule has 0 aliphatic heterocycles. The smallest absolute Gasteiger partial charge is 0.311 e. The second kappa shape index (κ2) is 5.71. The summed E-state index contributed by atoms with van der Waals surface area (Å²) in [6.45, 7) is 5.66. The van der Waals surface area contributed by atoms with Gasteiger partial charge in [0.15, 0.2) is 0 Å². The molecular formula is C11H22ClNO2. The minimum atomic E-state index is -0.395. The standard InChI is InChI=1S/C11H21NO2.ClH/c1-11(2,3)14-10(13)8-6-4-5-7-9(8)12;/h8-9H,4-7,12H2,1-3H3;1H/t8-,9-;/m1./s1. The predicted octanol–water partition coefficient (Wildman–Crippen LogP) is 2.27.